The van der Waals surface area contributed by atoms with Crippen molar-refractivity contribution >= 4 is 38.7 Å². The van der Waals surface area contributed by atoms with Crippen molar-refractivity contribution < 1.29 is 9.53 Å². The van der Waals surface area contributed by atoms with Gasteiger partial charge in [-0.3, -0.25) is 19.3 Å². The lowest BCUT2D eigenvalue weighted by atomic mass is 10.3. The number of thiazole rings is 1. The zero-order valence-corrected chi connectivity index (χ0v) is 14.2. The predicted octanol–water partition coefficient (Wildman–Crippen LogP) is 1.62. The number of carbonyl (C=O) groups is 1. The summed E-state index contributed by atoms with van der Waals surface area (Å²) < 4.78 is 6.40. The number of hydrogen-bond donors (Lipinski definition) is 1. The highest BCUT2D eigenvalue weighted by Crippen LogP contribution is 2.19. The van der Waals surface area contributed by atoms with Crippen LogP contribution in [0.3, 0.4) is 0 Å². The molecule has 3 aromatic heterocycles. The minimum atomic E-state index is -0.555. The van der Waals surface area contributed by atoms with Gasteiger partial charge in [0.25, 0.3) is 11.5 Å². The Balaban J connectivity index is 1.92. The maximum Gasteiger partial charge on any atom is 0.271 e. The molecule has 1 amide bonds. The molecule has 0 radical (unpaired) electrons. The molecule has 0 aliphatic heterocycles. The van der Waals surface area contributed by atoms with Crippen molar-refractivity contribution in [2.24, 2.45) is 0 Å². The molecule has 10 heteroatoms. The number of amides is 1. The van der Waals surface area contributed by atoms with Crippen LogP contribution in [0.5, 0.6) is 0 Å². The summed E-state index contributed by atoms with van der Waals surface area (Å²) in [4.78, 5) is 30.6. The van der Waals surface area contributed by atoms with Gasteiger partial charge in [-0.1, -0.05) is 11.3 Å². The smallest absolute Gasteiger partial charge is 0.271 e. The number of ether oxygens (including phenoxy) is 1. The van der Waals surface area contributed by atoms with Gasteiger partial charge in [-0.15, -0.1) is 21.5 Å². The van der Waals surface area contributed by atoms with Gasteiger partial charge in [0.2, 0.25) is 5.13 Å². The number of carbonyl (C=O) groups excluding carboxylic acids is 1. The van der Waals surface area contributed by atoms with Crippen LogP contribution >= 0.6 is 22.7 Å². The zero-order chi connectivity index (χ0) is 16.6. The van der Waals surface area contributed by atoms with Crippen LogP contribution in [-0.2, 0) is 11.3 Å². The summed E-state index contributed by atoms with van der Waals surface area (Å²) in [6, 6.07) is 0. The average Bonchev–Trinajstić information content (AvgIpc) is 3.05. The van der Waals surface area contributed by atoms with Crippen LogP contribution in [0.2, 0.25) is 0 Å². The molecule has 0 unspecified atom stereocenters. The molecule has 3 aromatic rings. The van der Waals surface area contributed by atoms with Crippen molar-refractivity contribution in [2.75, 3.05) is 12.4 Å². The zero-order valence-electron chi connectivity index (χ0n) is 12.6. The summed E-state index contributed by atoms with van der Waals surface area (Å²) in [5.41, 5.74) is 0.360. The number of aromatic nitrogens is 4. The number of hydrogen-bond acceptors (Lipinski definition) is 8. The summed E-state index contributed by atoms with van der Waals surface area (Å²) in [6.07, 6.45) is 1.29. The molecule has 0 aliphatic carbocycles. The van der Waals surface area contributed by atoms with E-state index in [0.29, 0.717) is 21.7 Å². The first-order chi connectivity index (χ1) is 11.0. The molecule has 0 aromatic carbocycles. The molecule has 0 saturated carbocycles. The van der Waals surface area contributed by atoms with E-state index in [1.54, 1.807) is 7.11 Å². The summed E-state index contributed by atoms with van der Waals surface area (Å²) in [5.74, 6) is -0.555. The number of anilines is 1. The summed E-state index contributed by atoms with van der Waals surface area (Å²) in [5, 5.41) is 11.2. The Morgan fingerprint density at radius 1 is 1.35 bits per heavy atom. The molecule has 120 valence electrons. The van der Waals surface area contributed by atoms with Gasteiger partial charge in [-0.2, -0.15) is 0 Å². The number of aryl methyl sites for hydroxylation is 2. The Labute approximate surface area is 138 Å². The lowest BCUT2D eigenvalue weighted by Gasteiger charge is -2.02. The molecule has 0 atom stereocenters. The molecule has 3 rings (SSSR count). The van der Waals surface area contributed by atoms with Gasteiger partial charge in [0, 0.05) is 23.9 Å². The number of methoxy groups -OCH3 is 1. The van der Waals surface area contributed by atoms with Crippen LogP contribution in [0.1, 0.15) is 25.9 Å². The molecular weight excluding hydrogens is 338 g/mol. The monoisotopic (exact) mass is 351 g/mol. The highest BCUT2D eigenvalue weighted by molar-refractivity contribution is 7.17. The molecular formula is C13H13N5O3S2. The normalized spacial score (nSPS) is 11.1. The average molecular weight is 351 g/mol. The summed E-state index contributed by atoms with van der Waals surface area (Å²) in [7, 11) is 1.55. The highest BCUT2D eigenvalue weighted by Gasteiger charge is 2.18. The van der Waals surface area contributed by atoms with Crippen molar-refractivity contribution in [2.45, 2.75) is 20.5 Å². The van der Waals surface area contributed by atoms with E-state index in [4.69, 9.17) is 4.74 Å². The summed E-state index contributed by atoms with van der Waals surface area (Å²) >= 11 is 2.60. The lowest BCUT2D eigenvalue weighted by Crippen LogP contribution is -2.26. The second kappa shape index (κ2) is 6.14. The number of fused-ring (bicyclic) bond motifs is 1. The number of rotatable bonds is 4. The fraction of sp³-hybridized carbons (Fsp3) is 0.308. The quantitative estimate of drug-likeness (QED) is 0.767. The van der Waals surface area contributed by atoms with Gasteiger partial charge < -0.3 is 4.74 Å². The van der Waals surface area contributed by atoms with Gasteiger partial charge in [0.05, 0.1) is 0 Å². The maximum atomic E-state index is 12.5. The molecule has 0 saturated heterocycles. The highest BCUT2D eigenvalue weighted by atomic mass is 32.1. The second-order valence-corrected chi connectivity index (χ2v) is 6.97. The van der Waals surface area contributed by atoms with Crippen molar-refractivity contribution in [1.29, 1.82) is 0 Å². The third-order valence-electron chi connectivity index (χ3n) is 3.22. The van der Waals surface area contributed by atoms with E-state index >= 15 is 0 Å². The first-order valence-electron chi connectivity index (χ1n) is 6.61. The molecule has 0 fully saturated rings. The Hall–Kier alpha value is -2.17. The molecule has 0 aliphatic rings. The van der Waals surface area contributed by atoms with E-state index in [1.165, 1.54) is 33.3 Å². The number of nitrogens with zero attached hydrogens (tertiary/aromatic N) is 4. The first-order valence-corrected chi connectivity index (χ1v) is 8.25. The number of nitrogens with one attached hydrogen (secondary N) is 1. The van der Waals surface area contributed by atoms with Gasteiger partial charge in [0.15, 0.2) is 4.96 Å². The Bertz CT molecular complexity index is 943. The predicted molar refractivity (Wildman–Crippen MR) is 87.4 cm³/mol. The standard InChI is InChI=1S/C13H13N5O3S2/c1-6-7(2)22-13-14-4-8(11(20)18(6)13)10(19)15-12-17-16-9(23-12)5-21-3/h4H,5H2,1-3H3,(H,15,17,19). The third kappa shape index (κ3) is 2.87. The molecule has 0 spiro atoms. The van der Waals surface area contributed by atoms with E-state index in [-0.39, 0.29) is 5.56 Å². The van der Waals surface area contributed by atoms with Crippen LogP contribution in [0.15, 0.2) is 11.0 Å². The largest absolute Gasteiger partial charge is 0.377 e. The SMILES string of the molecule is COCc1nnc(NC(=O)c2cnc3sc(C)c(C)n3c2=O)s1. The van der Waals surface area contributed by atoms with Crippen molar-refractivity contribution in [3.8, 4) is 0 Å². The molecule has 3 heterocycles. The lowest BCUT2D eigenvalue weighted by molar-refractivity contribution is 0.102. The fourth-order valence-electron chi connectivity index (χ4n) is 1.98. The van der Waals surface area contributed by atoms with E-state index in [1.807, 2.05) is 13.8 Å². The third-order valence-corrected chi connectivity index (χ3v) is 5.10. The first kappa shape index (κ1) is 15.7. The van der Waals surface area contributed by atoms with Gasteiger partial charge >= 0.3 is 0 Å². The minimum Gasteiger partial charge on any atom is -0.377 e. The Kier molecular flexibility index (Phi) is 4.20. The van der Waals surface area contributed by atoms with E-state index in [2.05, 4.69) is 20.5 Å². The topological polar surface area (TPSA) is 98.5 Å². The maximum absolute atomic E-state index is 12.5. The molecule has 0 bridgehead atoms. The van der Waals surface area contributed by atoms with Crippen LogP contribution in [-0.4, -0.2) is 32.6 Å². The Morgan fingerprint density at radius 2 is 2.13 bits per heavy atom. The minimum absolute atomic E-state index is 0.0353. The van der Waals surface area contributed by atoms with Crippen molar-refractivity contribution in [3.05, 3.63) is 37.7 Å². The Morgan fingerprint density at radius 3 is 2.87 bits per heavy atom. The van der Waals surface area contributed by atoms with E-state index in [9.17, 15) is 9.59 Å². The molecule has 8 nitrogen and oxygen atoms in total. The second-order valence-electron chi connectivity index (χ2n) is 4.73. The molecule has 1 N–H and O–H groups in total. The van der Waals surface area contributed by atoms with Crippen LogP contribution in [0.25, 0.3) is 4.96 Å². The summed E-state index contributed by atoms with van der Waals surface area (Å²) in [6.45, 7) is 4.05. The van der Waals surface area contributed by atoms with Crippen molar-refractivity contribution in [1.82, 2.24) is 19.6 Å². The molecule has 23 heavy (non-hydrogen) atoms. The van der Waals surface area contributed by atoms with Crippen LogP contribution in [0.4, 0.5) is 5.13 Å². The van der Waals surface area contributed by atoms with E-state index in [0.717, 1.165) is 10.6 Å². The van der Waals surface area contributed by atoms with Gasteiger partial charge in [-0.05, 0) is 13.8 Å². The van der Waals surface area contributed by atoms with E-state index < -0.39 is 11.5 Å². The van der Waals surface area contributed by atoms with Gasteiger partial charge in [-0.25, -0.2) is 4.98 Å². The van der Waals surface area contributed by atoms with Gasteiger partial charge in [0.1, 0.15) is 17.2 Å². The van der Waals surface area contributed by atoms with Crippen molar-refractivity contribution in [3.63, 3.8) is 0 Å². The van der Waals surface area contributed by atoms with Crippen LogP contribution in [0, 0.1) is 13.8 Å². The fourth-order valence-corrected chi connectivity index (χ4v) is 3.62. The van der Waals surface area contributed by atoms with Crippen LogP contribution < -0.4 is 10.9 Å².